The summed E-state index contributed by atoms with van der Waals surface area (Å²) in [4.78, 5) is 35.7. The molecule has 3 N–H and O–H groups in total. The molecule has 1 fully saturated rings. The standard InChI is InChI=1S/C22H24N4O5/c27-20(25-17-8-2-1-3-9-17)15-31-19-11-5-4-7-16(19)13-24-26-22(29)21(28)23-14-18-10-6-12-30-18/h1-5,7-9,11,13,18H,6,10,12,14-15H2,(H,23,28)(H,25,27)(H,26,29)/b24-13-/t18-/m0/s1. The fourth-order valence-corrected chi connectivity index (χ4v) is 2.88. The Morgan fingerprint density at radius 2 is 1.84 bits per heavy atom. The number of carbonyl (C=O) groups excluding carboxylic acids is 3. The number of hydrogen-bond acceptors (Lipinski definition) is 6. The second-order valence-corrected chi connectivity index (χ2v) is 6.78. The Hall–Kier alpha value is -3.72. The summed E-state index contributed by atoms with van der Waals surface area (Å²) < 4.78 is 11.0. The smallest absolute Gasteiger partial charge is 0.329 e. The Kier molecular flexibility index (Phi) is 8.13. The highest BCUT2D eigenvalue weighted by Crippen LogP contribution is 2.16. The van der Waals surface area contributed by atoms with E-state index in [0.717, 1.165) is 12.8 Å². The number of hydrogen-bond donors (Lipinski definition) is 3. The van der Waals surface area contributed by atoms with Crippen LogP contribution in [0.4, 0.5) is 5.69 Å². The monoisotopic (exact) mass is 424 g/mol. The fraction of sp³-hybridized carbons (Fsp3) is 0.273. The van der Waals surface area contributed by atoms with Crippen molar-refractivity contribution in [3.05, 3.63) is 60.2 Å². The minimum atomic E-state index is -0.880. The van der Waals surface area contributed by atoms with E-state index in [-0.39, 0.29) is 25.2 Å². The maximum absolute atomic E-state index is 12.1. The molecule has 0 aromatic heterocycles. The predicted octanol–water partition coefficient (Wildman–Crippen LogP) is 1.45. The number of anilines is 1. The third-order valence-corrected chi connectivity index (χ3v) is 4.43. The molecule has 1 aliphatic rings. The molecule has 1 heterocycles. The van der Waals surface area contributed by atoms with Crippen LogP contribution in [0.25, 0.3) is 0 Å². The third-order valence-electron chi connectivity index (χ3n) is 4.43. The number of carbonyl (C=O) groups is 3. The first kappa shape index (κ1) is 22.0. The van der Waals surface area contributed by atoms with Gasteiger partial charge in [0.05, 0.1) is 12.3 Å². The van der Waals surface area contributed by atoms with Gasteiger partial charge >= 0.3 is 11.8 Å². The number of amides is 3. The Morgan fingerprint density at radius 1 is 1.06 bits per heavy atom. The van der Waals surface area contributed by atoms with Crippen molar-refractivity contribution in [2.45, 2.75) is 18.9 Å². The van der Waals surface area contributed by atoms with Crippen molar-refractivity contribution in [3.8, 4) is 5.75 Å². The molecule has 1 atom stereocenters. The summed E-state index contributed by atoms with van der Waals surface area (Å²) in [6.07, 6.45) is 3.10. The van der Waals surface area contributed by atoms with Crippen molar-refractivity contribution in [1.29, 1.82) is 0 Å². The van der Waals surface area contributed by atoms with Gasteiger partial charge in [0, 0.05) is 24.4 Å². The first-order valence-electron chi connectivity index (χ1n) is 9.91. The topological polar surface area (TPSA) is 118 Å². The molecule has 0 unspecified atom stereocenters. The lowest BCUT2D eigenvalue weighted by atomic mass is 10.2. The quantitative estimate of drug-likeness (QED) is 0.337. The maximum Gasteiger partial charge on any atom is 0.329 e. The molecule has 1 aliphatic heterocycles. The molecule has 9 nitrogen and oxygen atoms in total. The van der Waals surface area contributed by atoms with Crippen LogP contribution in [0, 0.1) is 0 Å². The van der Waals surface area contributed by atoms with Gasteiger partial charge in [-0.2, -0.15) is 5.10 Å². The largest absolute Gasteiger partial charge is 0.483 e. The highest BCUT2D eigenvalue weighted by molar-refractivity contribution is 6.35. The van der Waals surface area contributed by atoms with Crippen LogP contribution in [0.5, 0.6) is 5.75 Å². The Labute approximate surface area is 179 Å². The van der Waals surface area contributed by atoms with Crippen LogP contribution in [0.2, 0.25) is 0 Å². The fourth-order valence-electron chi connectivity index (χ4n) is 2.88. The lowest BCUT2D eigenvalue weighted by Gasteiger charge is -2.10. The van der Waals surface area contributed by atoms with Crippen molar-refractivity contribution in [3.63, 3.8) is 0 Å². The first-order chi connectivity index (χ1) is 15.1. The molecule has 2 aromatic carbocycles. The molecule has 31 heavy (non-hydrogen) atoms. The molecule has 0 aliphatic carbocycles. The molecule has 0 bridgehead atoms. The SMILES string of the molecule is O=C(COc1ccccc1/C=N\NC(=O)C(=O)NC[C@@H]1CCCO1)Nc1ccccc1. The number of nitrogens with one attached hydrogen (secondary N) is 3. The molecule has 0 saturated carbocycles. The molecule has 0 spiro atoms. The summed E-state index contributed by atoms with van der Waals surface area (Å²) in [7, 11) is 0. The number of hydrazone groups is 1. The summed E-state index contributed by atoms with van der Waals surface area (Å²) in [6.45, 7) is 0.766. The molecular weight excluding hydrogens is 400 g/mol. The van der Waals surface area contributed by atoms with Crippen molar-refractivity contribution in [1.82, 2.24) is 10.7 Å². The summed E-state index contributed by atoms with van der Waals surface area (Å²) in [5, 5.41) is 9.05. The number of nitrogens with zero attached hydrogens (tertiary/aromatic N) is 1. The number of ether oxygens (including phenoxy) is 2. The molecule has 3 rings (SSSR count). The normalized spacial score (nSPS) is 15.4. The molecule has 162 valence electrons. The van der Waals surface area contributed by atoms with Gasteiger partial charge < -0.3 is 20.1 Å². The van der Waals surface area contributed by atoms with Crippen molar-refractivity contribution in [2.24, 2.45) is 5.10 Å². The Balaban J connectivity index is 1.46. The zero-order chi connectivity index (χ0) is 21.9. The van der Waals surface area contributed by atoms with Crippen LogP contribution >= 0.6 is 0 Å². The van der Waals surface area contributed by atoms with Gasteiger partial charge in [0.25, 0.3) is 5.91 Å². The van der Waals surface area contributed by atoms with Crippen LogP contribution in [0.15, 0.2) is 59.7 Å². The van der Waals surface area contributed by atoms with E-state index in [1.807, 2.05) is 18.2 Å². The van der Waals surface area contributed by atoms with Crippen molar-refractivity contribution in [2.75, 3.05) is 25.1 Å². The van der Waals surface area contributed by atoms with E-state index in [1.165, 1.54) is 6.21 Å². The van der Waals surface area contributed by atoms with Crippen LogP contribution in [-0.2, 0) is 19.1 Å². The van der Waals surface area contributed by atoms with Gasteiger partial charge in [0.15, 0.2) is 6.61 Å². The number of benzene rings is 2. The molecule has 3 amide bonds. The van der Waals surface area contributed by atoms with Crippen LogP contribution < -0.4 is 20.8 Å². The van der Waals surface area contributed by atoms with Crippen molar-refractivity contribution < 1.29 is 23.9 Å². The molecule has 9 heteroatoms. The lowest BCUT2D eigenvalue weighted by molar-refractivity contribution is -0.139. The minimum Gasteiger partial charge on any atom is -0.483 e. The van der Waals surface area contributed by atoms with E-state index in [2.05, 4.69) is 21.2 Å². The Bertz CT molecular complexity index is 927. The van der Waals surface area contributed by atoms with E-state index < -0.39 is 11.8 Å². The summed E-state index contributed by atoms with van der Waals surface area (Å²) in [6, 6.07) is 15.9. The number of para-hydroxylation sites is 2. The Morgan fingerprint density at radius 3 is 2.61 bits per heavy atom. The maximum atomic E-state index is 12.1. The average molecular weight is 424 g/mol. The molecule has 1 saturated heterocycles. The van der Waals surface area contributed by atoms with E-state index >= 15 is 0 Å². The average Bonchev–Trinajstić information content (AvgIpc) is 3.31. The van der Waals surface area contributed by atoms with Gasteiger partial charge in [-0.05, 0) is 37.1 Å². The molecular formula is C22H24N4O5. The van der Waals surface area contributed by atoms with E-state index in [4.69, 9.17) is 9.47 Å². The van der Waals surface area contributed by atoms with Crippen LogP contribution in [-0.4, -0.2) is 49.8 Å². The second kappa shape index (κ2) is 11.5. The van der Waals surface area contributed by atoms with Gasteiger partial charge in [0.2, 0.25) is 0 Å². The second-order valence-electron chi connectivity index (χ2n) is 6.78. The van der Waals surface area contributed by atoms with E-state index in [0.29, 0.717) is 23.6 Å². The zero-order valence-corrected chi connectivity index (χ0v) is 16.9. The van der Waals surface area contributed by atoms with Crippen LogP contribution in [0.3, 0.4) is 0 Å². The highest BCUT2D eigenvalue weighted by atomic mass is 16.5. The molecule has 2 aromatic rings. The van der Waals surface area contributed by atoms with E-state index in [1.54, 1.807) is 36.4 Å². The number of rotatable bonds is 8. The highest BCUT2D eigenvalue weighted by Gasteiger charge is 2.19. The summed E-state index contributed by atoms with van der Waals surface area (Å²) in [5.41, 5.74) is 3.38. The van der Waals surface area contributed by atoms with E-state index in [9.17, 15) is 14.4 Å². The van der Waals surface area contributed by atoms with Gasteiger partial charge in [-0.3, -0.25) is 14.4 Å². The van der Waals surface area contributed by atoms with Gasteiger partial charge in [-0.1, -0.05) is 30.3 Å². The third kappa shape index (κ3) is 7.23. The molecule has 0 radical (unpaired) electrons. The minimum absolute atomic E-state index is 0.0524. The summed E-state index contributed by atoms with van der Waals surface area (Å²) in [5.74, 6) is -1.56. The first-order valence-corrected chi connectivity index (χ1v) is 9.91. The summed E-state index contributed by atoms with van der Waals surface area (Å²) >= 11 is 0. The van der Waals surface area contributed by atoms with Crippen LogP contribution in [0.1, 0.15) is 18.4 Å². The van der Waals surface area contributed by atoms with Crippen molar-refractivity contribution >= 4 is 29.6 Å². The van der Waals surface area contributed by atoms with Gasteiger partial charge in [-0.15, -0.1) is 0 Å². The van der Waals surface area contributed by atoms with Gasteiger partial charge in [0.1, 0.15) is 5.75 Å². The predicted molar refractivity (Wildman–Crippen MR) is 115 cm³/mol. The lowest BCUT2D eigenvalue weighted by Crippen LogP contribution is -2.41. The zero-order valence-electron chi connectivity index (χ0n) is 16.9. The van der Waals surface area contributed by atoms with Gasteiger partial charge in [-0.25, -0.2) is 5.43 Å².